The summed E-state index contributed by atoms with van der Waals surface area (Å²) in [7, 11) is 0. The number of hydrogen-bond donors (Lipinski definition) is 1. The molecule has 1 saturated heterocycles. The fraction of sp³-hybridized carbons (Fsp3) is 0.571. The Balaban J connectivity index is 2.23. The van der Waals surface area contributed by atoms with Gasteiger partial charge >= 0.3 is 5.97 Å². The van der Waals surface area contributed by atoms with E-state index in [0.29, 0.717) is 25.9 Å². The molecule has 1 aliphatic heterocycles. The van der Waals surface area contributed by atoms with Crippen molar-refractivity contribution in [3.8, 4) is 0 Å². The molecule has 114 valence electrons. The Kier molecular flexibility index (Phi) is 4.72. The van der Waals surface area contributed by atoms with E-state index in [1.54, 1.807) is 0 Å². The molecule has 1 aromatic rings. The fourth-order valence-corrected chi connectivity index (χ4v) is 2.44. The summed E-state index contributed by atoms with van der Waals surface area (Å²) in [6.45, 7) is 2.87. The van der Waals surface area contributed by atoms with Crippen LogP contribution in [0.5, 0.6) is 0 Å². The van der Waals surface area contributed by atoms with Crippen molar-refractivity contribution in [3.05, 3.63) is 28.2 Å². The molecule has 2 rings (SSSR count). The molecule has 0 radical (unpaired) electrons. The van der Waals surface area contributed by atoms with E-state index in [-0.39, 0.29) is 11.3 Å². The molecular weight excluding hydrogens is 274 g/mol. The van der Waals surface area contributed by atoms with Gasteiger partial charge in [-0.1, -0.05) is 13.3 Å². The standard InChI is InChI=1S/C14H19N3O4/c1-2-3-9-17-12(18)7-6-10(15-17)13(19)16-8-4-5-11(16)14(20)21/h6-7,11H,2-5,8-9H2,1H3,(H,20,21). The Hall–Kier alpha value is -2.18. The lowest BCUT2D eigenvalue weighted by molar-refractivity contribution is -0.141. The van der Waals surface area contributed by atoms with Crippen molar-refractivity contribution >= 4 is 11.9 Å². The van der Waals surface area contributed by atoms with Crippen LogP contribution in [-0.4, -0.2) is 44.3 Å². The van der Waals surface area contributed by atoms with Crippen LogP contribution in [0.3, 0.4) is 0 Å². The zero-order valence-electron chi connectivity index (χ0n) is 12.0. The van der Waals surface area contributed by atoms with Gasteiger partial charge in [-0.2, -0.15) is 5.10 Å². The third kappa shape index (κ3) is 3.29. The van der Waals surface area contributed by atoms with Crippen molar-refractivity contribution in [2.24, 2.45) is 0 Å². The van der Waals surface area contributed by atoms with Gasteiger partial charge in [-0.3, -0.25) is 9.59 Å². The number of hydrogen-bond acceptors (Lipinski definition) is 4. The lowest BCUT2D eigenvalue weighted by atomic mass is 10.2. The van der Waals surface area contributed by atoms with Gasteiger partial charge in [0.2, 0.25) is 0 Å². The van der Waals surface area contributed by atoms with Crippen LogP contribution in [0.2, 0.25) is 0 Å². The second kappa shape index (κ2) is 6.51. The summed E-state index contributed by atoms with van der Waals surface area (Å²) < 4.78 is 1.27. The number of aliphatic carboxylic acids is 1. The number of aryl methyl sites for hydroxylation is 1. The molecule has 1 atom stereocenters. The first-order valence-electron chi connectivity index (χ1n) is 7.16. The van der Waals surface area contributed by atoms with E-state index in [1.807, 2.05) is 6.92 Å². The van der Waals surface area contributed by atoms with Crippen molar-refractivity contribution in [1.82, 2.24) is 14.7 Å². The number of amides is 1. The molecule has 0 saturated carbocycles. The molecule has 1 aliphatic rings. The summed E-state index contributed by atoms with van der Waals surface area (Å²) in [4.78, 5) is 36.5. The third-order valence-electron chi connectivity index (χ3n) is 3.61. The quantitative estimate of drug-likeness (QED) is 0.864. The summed E-state index contributed by atoms with van der Waals surface area (Å²) in [5.41, 5.74) is -0.130. The van der Waals surface area contributed by atoms with Crippen molar-refractivity contribution in [2.45, 2.75) is 45.2 Å². The van der Waals surface area contributed by atoms with Crippen molar-refractivity contribution < 1.29 is 14.7 Å². The van der Waals surface area contributed by atoms with Crippen molar-refractivity contribution in [3.63, 3.8) is 0 Å². The molecule has 1 amide bonds. The molecule has 7 heteroatoms. The van der Waals surface area contributed by atoms with E-state index in [0.717, 1.165) is 12.8 Å². The average molecular weight is 293 g/mol. The van der Waals surface area contributed by atoms with Gasteiger partial charge in [-0.25, -0.2) is 9.48 Å². The van der Waals surface area contributed by atoms with Crippen LogP contribution >= 0.6 is 0 Å². The zero-order chi connectivity index (χ0) is 15.4. The lowest BCUT2D eigenvalue weighted by Gasteiger charge is -2.21. The predicted molar refractivity (Wildman–Crippen MR) is 75.1 cm³/mol. The van der Waals surface area contributed by atoms with Gasteiger partial charge in [-0.05, 0) is 25.3 Å². The minimum atomic E-state index is -1.000. The molecule has 1 fully saturated rings. The zero-order valence-corrected chi connectivity index (χ0v) is 12.0. The first-order chi connectivity index (χ1) is 10.0. The number of carboxylic acids is 1. The first-order valence-corrected chi connectivity index (χ1v) is 7.16. The molecule has 0 spiro atoms. The second-order valence-corrected chi connectivity index (χ2v) is 5.13. The predicted octanol–water partition coefficient (Wildman–Crippen LogP) is 0.733. The van der Waals surface area contributed by atoms with E-state index in [1.165, 1.54) is 21.7 Å². The van der Waals surface area contributed by atoms with Gasteiger partial charge < -0.3 is 10.0 Å². The highest BCUT2D eigenvalue weighted by Crippen LogP contribution is 2.19. The summed E-state index contributed by atoms with van der Waals surface area (Å²) in [5, 5.41) is 13.2. The van der Waals surface area contributed by atoms with Crippen LogP contribution in [-0.2, 0) is 11.3 Å². The molecule has 0 aromatic carbocycles. The molecule has 2 heterocycles. The normalized spacial score (nSPS) is 18.0. The summed E-state index contributed by atoms with van der Waals surface area (Å²) in [5.74, 6) is -1.43. The van der Waals surface area contributed by atoms with E-state index >= 15 is 0 Å². The topological polar surface area (TPSA) is 92.5 Å². The Morgan fingerprint density at radius 1 is 1.43 bits per heavy atom. The molecule has 0 bridgehead atoms. The average Bonchev–Trinajstić information content (AvgIpc) is 2.95. The van der Waals surface area contributed by atoms with Gasteiger partial charge in [0.25, 0.3) is 11.5 Å². The Bertz CT molecular complexity index is 596. The number of rotatable bonds is 5. The smallest absolute Gasteiger partial charge is 0.326 e. The highest BCUT2D eigenvalue weighted by Gasteiger charge is 2.35. The molecular formula is C14H19N3O4. The largest absolute Gasteiger partial charge is 0.480 e. The summed E-state index contributed by atoms with van der Waals surface area (Å²) in [6, 6.07) is 1.88. The summed E-state index contributed by atoms with van der Waals surface area (Å²) in [6.07, 6.45) is 2.83. The molecule has 7 nitrogen and oxygen atoms in total. The van der Waals surface area contributed by atoms with Crippen LogP contribution in [0.15, 0.2) is 16.9 Å². The number of carboxylic acid groups (broad SMARTS) is 1. The number of unbranched alkanes of at least 4 members (excludes halogenated alkanes) is 1. The maximum absolute atomic E-state index is 12.4. The van der Waals surface area contributed by atoms with Gasteiger partial charge in [0.1, 0.15) is 11.7 Å². The maximum atomic E-state index is 12.4. The SMILES string of the molecule is CCCCn1nc(C(=O)N2CCCC2C(=O)O)ccc1=O. The van der Waals surface area contributed by atoms with Crippen molar-refractivity contribution in [2.75, 3.05) is 6.54 Å². The van der Waals surface area contributed by atoms with Gasteiger partial charge in [0.15, 0.2) is 0 Å². The van der Waals surface area contributed by atoms with E-state index in [4.69, 9.17) is 5.11 Å². The van der Waals surface area contributed by atoms with E-state index in [9.17, 15) is 14.4 Å². The summed E-state index contributed by atoms with van der Waals surface area (Å²) >= 11 is 0. The maximum Gasteiger partial charge on any atom is 0.326 e. The molecule has 1 aromatic heterocycles. The minimum absolute atomic E-state index is 0.124. The van der Waals surface area contributed by atoms with Gasteiger partial charge in [0, 0.05) is 19.2 Å². The Labute approximate surface area is 122 Å². The number of carbonyl (C=O) groups excluding carboxylic acids is 1. The fourth-order valence-electron chi connectivity index (χ4n) is 2.44. The van der Waals surface area contributed by atoms with Crippen LogP contribution < -0.4 is 5.56 Å². The number of likely N-dealkylation sites (tertiary alicyclic amines) is 1. The van der Waals surface area contributed by atoms with Crippen LogP contribution in [0.25, 0.3) is 0 Å². The van der Waals surface area contributed by atoms with Crippen LogP contribution in [0.4, 0.5) is 0 Å². The van der Waals surface area contributed by atoms with Gasteiger partial charge in [-0.15, -0.1) is 0 Å². The molecule has 1 unspecified atom stereocenters. The number of carbonyl (C=O) groups is 2. The molecule has 1 N–H and O–H groups in total. The van der Waals surface area contributed by atoms with Crippen LogP contribution in [0.1, 0.15) is 43.1 Å². The monoisotopic (exact) mass is 293 g/mol. The highest BCUT2D eigenvalue weighted by atomic mass is 16.4. The highest BCUT2D eigenvalue weighted by molar-refractivity contribution is 5.95. The number of nitrogens with zero attached hydrogens (tertiary/aromatic N) is 3. The molecule has 0 aliphatic carbocycles. The molecule has 21 heavy (non-hydrogen) atoms. The van der Waals surface area contributed by atoms with Gasteiger partial charge in [0.05, 0.1) is 0 Å². The Morgan fingerprint density at radius 3 is 2.86 bits per heavy atom. The van der Waals surface area contributed by atoms with Crippen LogP contribution in [0, 0.1) is 0 Å². The van der Waals surface area contributed by atoms with E-state index < -0.39 is 17.9 Å². The first kappa shape index (κ1) is 15.2. The number of aromatic nitrogens is 2. The second-order valence-electron chi connectivity index (χ2n) is 5.13. The van der Waals surface area contributed by atoms with E-state index in [2.05, 4.69) is 5.10 Å². The third-order valence-corrected chi connectivity index (χ3v) is 3.61. The Morgan fingerprint density at radius 2 is 2.19 bits per heavy atom. The lowest BCUT2D eigenvalue weighted by Crippen LogP contribution is -2.41. The van der Waals surface area contributed by atoms with Crippen molar-refractivity contribution in [1.29, 1.82) is 0 Å². The minimum Gasteiger partial charge on any atom is -0.480 e.